The Morgan fingerprint density at radius 2 is 2.05 bits per heavy atom. The lowest BCUT2D eigenvalue weighted by Crippen LogP contribution is -2.52. The zero-order valence-corrected chi connectivity index (χ0v) is 14.9. The van der Waals surface area contributed by atoms with Crippen LogP contribution in [0, 0.1) is 6.92 Å². The summed E-state index contributed by atoms with van der Waals surface area (Å²) in [6.45, 7) is 5.50. The molecule has 5 nitrogen and oxygen atoms in total. The van der Waals surface area contributed by atoms with E-state index in [0.717, 1.165) is 18.7 Å². The first-order valence-corrected chi connectivity index (χ1v) is 9.11. The first kappa shape index (κ1) is 16.9. The summed E-state index contributed by atoms with van der Waals surface area (Å²) >= 11 is 3.38. The number of rotatable bonds is 3. The van der Waals surface area contributed by atoms with E-state index in [2.05, 4.69) is 20.8 Å². The average Bonchev–Trinajstić information content (AvgIpc) is 2.40. The maximum absolute atomic E-state index is 12.9. The van der Waals surface area contributed by atoms with Gasteiger partial charge in [0.2, 0.25) is 10.0 Å². The Morgan fingerprint density at radius 3 is 2.62 bits per heavy atom. The molecule has 1 aliphatic rings. The zero-order chi connectivity index (χ0) is 15.8. The summed E-state index contributed by atoms with van der Waals surface area (Å²) in [6.07, 6.45) is 0. The third-order valence-electron chi connectivity index (χ3n) is 3.82. The molecule has 1 aliphatic heterocycles. The van der Waals surface area contributed by atoms with E-state index >= 15 is 0 Å². The highest BCUT2D eigenvalue weighted by Crippen LogP contribution is 2.31. The molecule has 1 aromatic carbocycles. The van der Waals surface area contributed by atoms with Crippen molar-refractivity contribution in [3.05, 3.63) is 27.7 Å². The van der Waals surface area contributed by atoms with Gasteiger partial charge >= 0.3 is 0 Å². The van der Waals surface area contributed by atoms with Gasteiger partial charge < -0.3 is 10.0 Å². The topological polar surface area (TPSA) is 60.9 Å². The van der Waals surface area contributed by atoms with E-state index in [4.69, 9.17) is 0 Å². The fourth-order valence-corrected chi connectivity index (χ4v) is 5.34. The van der Waals surface area contributed by atoms with E-state index in [-0.39, 0.29) is 17.5 Å². The van der Waals surface area contributed by atoms with Crippen molar-refractivity contribution in [2.45, 2.75) is 31.4 Å². The Hall–Kier alpha value is -0.470. The van der Waals surface area contributed by atoms with Crippen molar-refractivity contribution in [1.29, 1.82) is 0 Å². The van der Waals surface area contributed by atoms with Gasteiger partial charge in [-0.25, -0.2) is 8.42 Å². The van der Waals surface area contributed by atoms with Crippen LogP contribution < -0.4 is 0 Å². The van der Waals surface area contributed by atoms with Crippen LogP contribution in [0.4, 0.5) is 0 Å². The molecule has 7 heteroatoms. The maximum atomic E-state index is 12.9. The number of likely N-dealkylation sites (N-methyl/N-ethyl adjacent to an activating group) is 1. The van der Waals surface area contributed by atoms with Gasteiger partial charge in [0.1, 0.15) is 0 Å². The van der Waals surface area contributed by atoms with Gasteiger partial charge in [-0.3, -0.25) is 0 Å². The molecule has 0 aliphatic carbocycles. The van der Waals surface area contributed by atoms with Crippen LogP contribution in [0.25, 0.3) is 0 Å². The quantitative estimate of drug-likeness (QED) is 0.869. The fourth-order valence-electron chi connectivity index (χ4n) is 2.69. The van der Waals surface area contributed by atoms with Gasteiger partial charge in [-0.1, -0.05) is 6.07 Å². The predicted molar refractivity (Wildman–Crippen MR) is 85.7 cm³/mol. The molecular formula is C14H21BrN2O3S. The van der Waals surface area contributed by atoms with E-state index < -0.39 is 10.0 Å². The highest BCUT2D eigenvalue weighted by molar-refractivity contribution is 9.10. The van der Waals surface area contributed by atoms with E-state index in [1.165, 1.54) is 0 Å². The summed E-state index contributed by atoms with van der Waals surface area (Å²) < 4.78 is 28.0. The van der Waals surface area contributed by atoms with Crippen LogP contribution in [-0.2, 0) is 16.6 Å². The number of aliphatic hydroxyl groups is 1. The molecule has 0 saturated carbocycles. The monoisotopic (exact) mass is 376 g/mol. The number of aryl methyl sites for hydroxylation is 1. The summed E-state index contributed by atoms with van der Waals surface area (Å²) in [7, 11) is -1.58. The number of aliphatic hydroxyl groups excluding tert-OH is 1. The zero-order valence-electron chi connectivity index (χ0n) is 12.5. The van der Waals surface area contributed by atoms with Crippen molar-refractivity contribution in [2.75, 3.05) is 26.7 Å². The van der Waals surface area contributed by atoms with Crippen LogP contribution in [0.2, 0.25) is 0 Å². The first-order chi connectivity index (χ1) is 9.77. The third kappa shape index (κ3) is 3.32. The largest absolute Gasteiger partial charge is 0.392 e. The third-order valence-corrected chi connectivity index (χ3v) is 7.17. The van der Waals surface area contributed by atoms with Gasteiger partial charge in [-0.15, -0.1) is 0 Å². The normalized spacial score (nSPS) is 21.7. The number of halogens is 1. The van der Waals surface area contributed by atoms with Crippen molar-refractivity contribution >= 4 is 26.0 Å². The van der Waals surface area contributed by atoms with E-state index in [1.807, 2.05) is 20.9 Å². The van der Waals surface area contributed by atoms with Gasteiger partial charge in [0, 0.05) is 30.1 Å². The molecule has 0 aromatic heterocycles. The molecule has 118 valence electrons. The van der Waals surface area contributed by atoms with E-state index in [1.54, 1.807) is 16.4 Å². The summed E-state index contributed by atoms with van der Waals surface area (Å²) in [6, 6.07) is 3.27. The van der Waals surface area contributed by atoms with Crippen LogP contribution in [0.1, 0.15) is 18.1 Å². The molecule has 1 heterocycles. The summed E-state index contributed by atoms with van der Waals surface area (Å²) in [4.78, 5) is 2.36. The van der Waals surface area contributed by atoms with Crippen molar-refractivity contribution in [2.24, 2.45) is 0 Å². The molecule has 1 N–H and O–H groups in total. The number of hydrogen-bond acceptors (Lipinski definition) is 4. The lowest BCUT2D eigenvalue weighted by molar-refractivity contribution is 0.170. The minimum absolute atomic E-state index is 0.0706. The number of benzene rings is 1. The van der Waals surface area contributed by atoms with E-state index in [9.17, 15) is 13.5 Å². The number of piperazine rings is 1. The van der Waals surface area contributed by atoms with Gasteiger partial charge in [-0.2, -0.15) is 4.31 Å². The second kappa shape index (κ2) is 6.34. The maximum Gasteiger partial charge on any atom is 0.244 e. The second-order valence-electron chi connectivity index (χ2n) is 5.61. The number of sulfonamides is 1. The van der Waals surface area contributed by atoms with Crippen LogP contribution in [0.5, 0.6) is 0 Å². The van der Waals surface area contributed by atoms with Gasteiger partial charge in [-0.05, 0) is 54.0 Å². The lowest BCUT2D eigenvalue weighted by Gasteiger charge is -2.37. The Kier molecular flexibility index (Phi) is 5.10. The molecule has 21 heavy (non-hydrogen) atoms. The standard InChI is InChI=1S/C14H21BrN2O3S/c1-10-6-12(9-18)7-13(14(10)15)21(19,20)17-5-4-16(3)8-11(17)2/h6-7,11,18H,4-5,8-9H2,1-3H3. The summed E-state index contributed by atoms with van der Waals surface area (Å²) in [5, 5.41) is 9.31. The molecule has 1 atom stereocenters. The molecule has 1 fully saturated rings. The van der Waals surface area contributed by atoms with Crippen molar-refractivity contribution in [3.8, 4) is 0 Å². The van der Waals surface area contributed by atoms with E-state index in [0.29, 0.717) is 16.6 Å². The Balaban J connectivity index is 2.47. The smallest absolute Gasteiger partial charge is 0.244 e. The van der Waals surface area contributed by atoms with Crippen LogP contribution >= 0.6 is 15.9 Å². The van der Waals surface area contributed by atoms with Gasteiger partial charge in [0.05, 0.1) is 11.5 Å². The van der Waals surface area contributed by atoms with Crippen LogP contribution in [0.15, 0.2) is 21.5 Å². The molecule has 1 saturated heterocycles. The SMILES string of the molecule is Cc1cc(CO)cc(S(=O)(=O)N2CCN(C)CC2C)c1Br. The van der Waals surface area contributed by atoms with Crippen molar-refractivity contribution < 1.29 is 13.5 Å². The lowest BCUT2D eigenvalue weighted by atomic mass is 10.1. The Bertz CT molecular complexity index is 633. The Labute approximate surface area is 134 Å². The molecule has 0 radical (unpaired) electrons. The van der Waals surface area contributed by atoms with Crippen molar-refractivity contribution in [1.82, 2.24) is 9.21 Å². The number of hydrogen-bond donors (Lipinski definition) is 1. The molecule has 1 aromatic rings. The minimum Gasteiger partial charge on any atom is -0.392 e. The van der Waals surface area contributed by atoms with Crippen LogP contribution in [0.3, 0.4) is 0 Å². The highest BCUT2D eigenvalue weighted by atomic mass is 79.9. The minimum atomic E-state index is -3.57. The predicted octanol–water partition coefficient (Wildman–Crippen LogP) is 1.57. The van der Waals surface area contributed by atoms with Crippen LogP contribution in [-0.4, -0.2) is 55.5 Å². The Morgan fingerprint density at radius 1 is 1.38 bits per heavy atom. The van der Waals surface area contributed by atoms with Gasteiger partial charge in [0.15, 0.2) is 0 Å². The molecule has 2 rings (SSSR count). The van der Waals surface area contributed by atoms with Crippen molar-refractivity contribution in [3.63, 3.8) is 0 Å². The van der Waals surface area contributed by atoms with Gasteiger partial charge in [0.25, 0.3) is 0 Å². The molecule has 0 spiro atoms. The molecule has 0 bridgehead atoms. The highest BCUT2D eigenvalue weighted by Gasteiger charge is 2.34. The summed E-state index contributed by atoms with van der Waals surface area (Å²) in [5.41, 5.74) is 1.41. The molecule has 1 unspecified atom stereocenters. The average molecular weight is 377 g/mol. The summed E-state index contributed by atoms with van der Waals surface area (Å²) in [5.74, 6) is 0. The number of nitrogens with zero attached hydrogens (tertiary/aromatic N) is 2. The first-order valence-electron chi connectivity index (χ1n) is 6.87. The molecular weight excluding hydrogens is 356 g/mol. The molecule has 0 amide bonds. The fraction of sp³-hybridized carbons (Fsp3) is 0.571. The second-order valence-corrected chi connectivity index (χ2v) is 8.26.